The van der Waals surface area contributed by atoms with Gasteiger partial charge in [0.05, 0.1) is 23.9 Å². The van der Waals surface area contributed by atoms with Gasteiger partial charge in [-0.15, -0.1) is 0 Å². The van der Waals surface area contributed by atoms with Crippen LogP contribution in [0.25, 0.3) is 0 Å². The second-order valence-corrected chi connectivity index (χ2v) is 1.15. The van der Waals surface area contributed by atoms with Crippen LogP contribution in [0.2, 0.25) is 0 Å². The van der Waals surface area contributed by atoms with Gasteiger partial charge in [-0.3, -0.25) is 0 Å². The zero-order valence-corrected chi connectivity index (χ0v) is 12.8. The molecule has 0 saturated carbocycles. The third-order valence-electron chi connectivity index (χ3n) is 0.333. The number of carboxylic acids is 4. The summed E-state index contributed by atoms with van der Waals surface area (Å²) in [5.74, 6) is -8.74. The van der Waals surface area contributed by atoms with Gasteiger partial charge in [-0.1, -0.05) is 0 Å². The van der Waals surface area contributed by atoms with Crippen molar-refractivity contribution in [2.45, 2.75) is 0 Å². The molecule has 0 heterocycles. The SMILES string of the molecule is O=C([O-])C(=O)[O-].O=C([O-])C(=O)[O-].[In+3].[Zn+2]. The van der Waals surface area contributed by atoms with E-state index < -0.39 is 23.9 Å². The predicted molar refractivity (Wildman–Crippen MR) is 25.8 cm³/mol. The fourth-order valence-corrected chi connectivity index (χ4v) is 0. The van der Waals surface area contributed by atoms with Gasteiger partial charge in [0, 0.05) is 0 Å². The van der Waals surface area contributed by atoms with Crippen LogP contribution in [-0.4, -0.2) is 49.7 Å². The quantitative estimate of drug-likeness (QED) is 0.305. The monoisotopic (exact) mass is 355 g/mol. The summed E-state index contributed by atoms with van der Waals surface area (Å²) in [6.45, 7) is 0. The van der Waals surface area contributed by atoms with Crippen molar-refractivity contribution in [3.8, 4) is 0 Å². The van der Waals surface area contributed by atoms with E-state index in [1.807, 2.05) is 0 Å². The van der Waals surface area contributed by atoms with Crippen molar-refractivity contribution in [2.24, 2.45) is 0 Å². The van der Waals surface area contributed by atoms with Gasteiger partial charge >= 0.3 is 45.3 Å². The van der Waals surface area contributed by atoms with Crippen molar-refractivity contribution < 1.29 is 59.1 Å². The van der Waals surface area contributed by atoms with Crippen LogP contribution in [0.3, 0.4) is 0 Å². The molecule has 0 N–H and O–H groups in total. The largest absolute Gasteiger partial charge is 3.00 e. The maximum Gasteiger partial charge on any atom is 3.00 e. The van der Waals surface area contributed by atoms with Crippen LogP contribution in [-0.2, 0) is 38.7 Å². The molecule has 0 radical (unpaired) electrons. The second kappa shape index (κ2) is 12.4. The Morgan fingerprint density at radius 1 is 0.571 bits per heavy atom. The molecule has 0 rings (SSSR count). The molecule has 0 aromatic carbocycles. The number of carbonyl (C=O) groups is 4. The van der Waals surface area contributed by atoms with Crippen LogP contribution >= 0.6 is 0 Å². The zero-order valence-electron chi connectivity index (χ0n) is 6.55. The van der Waals surface area contributed by atoms with Crippen molar-refractivity contribution in [1.82, 2.24) is 0 Å². The predicted octanol–water partition coefficient (Wildman–Crippen LogP) is -7.41. The summed E-state index contributed by atoms with van der Waals surface area (Å²) in [7, 11) is 0. The molecule has 0 atom stereocenters. The topological polar surface area (TPSA) is 161 Å². The molecule has 0 fully saturated rings. The van der Waals surface area contributed by atoms with E-state index in [2.05, 4.69) is 0 Å². The molecule has 68 valence electrons. The number of carbonyl (C=O) groups excluding carboxylic acids is 4. The molecular weight excluding hydrogens is 356 g/mol. The Kier molecular flexibility index (Phi) is 20.6. The molecule has 0 unspecified atom stereocenters. The number of rotatable bonds is 0. The minimum Gasteiger partial charge on any atom is -0.543 e. The van der Waals surface area contributed by atoms with Crippen LogP contribution < -0.4 is 20.4 Å². The zero-order chi connectivity index (χ0) is 10.3. The van der Waals surface area contributed by atoms with Gasteiger partial charge in [0.15, 0.2) is 0 Å². The Bertz CT molecular complexity index is 177. The molecule has 0 amide bonds. The Morgan fingerprint density at radius 2 is 0.643 bits per heavy atom. The smallest absolute Gasteiger partial charge is 0.543 e. The first-order valence-corrected chi connectivity index (χ1v) is 2.13. The van der Waals surface area contributed by atoms with Gasteiger partial charge in [-0.2, -0.15) is 0 Å². The molecule has 0 aromatic heterocycles. The molecule has 14 heavy (non-hydrogen) atoms. The molecule has 10 heteroatoms. The van der Waals surface area contributed by atoms with Crippen molar-refractivity contribution in [1.29, 1.82) is 0 Å². The van der Waals surface area contributed by atoms with Crippen molar-refractivity contribution >= 4 is 49.7 Å². The normalized spacial score (nSPS) is 6.29. The molecule has 0 aliphatic carbocycles. The van der Waals surface area contributed by atoms with Gasteiger partial charge in [-0.05, 0) is 0 Å². The molecule has 0 spiro atoms. The van der Waals surface area contributed by atoms with E-state index in [4.69, 9.17) is 39.6 Å². The maximum absolute atomic E-state index is 8.93. The Hall–Kier alpha value is -0.626. The van der Waals surface area contributed by atoms with Crippen LogP contribution in [0.4, 0.5) is 0 Å². The summed E-state index contributed by atoms with van der Waals surface area (Å²) >= 11 is 0. The first-order chi connectivity index (χ1) is 5.29. The standard InChI is InChI=1S/2C2H2O4.In.Zn/c2*3-1(4)2(5)6;;/h2*(H,3,4)(H,5,6);;/q;;+3;+2/p-4. The van der Waals surface area contributed by atoms with E-state index in [1.54, 1.807) is 0 Å². The van der Waals surface area contributed by atoms with E-state index in [1.165, 1.54) is 0 Å². The second-order valence-electron chi connectivity index (χ2n) is 1.15. The number of hydrogen-bond donors (Lipinski definition) is 0. The van der Waals surface area contributed by atoms with E-state index in [0.29, 0.717) is 0 Å². The Labute approximate surface area is 108 Å². The van der Waals surface area contributed by atoms with Crippen LogP contribution in [0.15, 0.2) is 0 Å². The number of aliphatic carboxylic acids is 4. The maximum atomic E-state index is 8.93. The van der Waals surface area contributed by atoms with Gasteiger partial charge in [-0.25, -0.2) is 0 Å². The van der Waals surface area contributed by atoms with Crippen LogP contribution in [0, 0.1) is 0 Å². The summed E-state index contributed by atoms with van der Waals surface area (Å²) in [6, 6.07) is 0. The fourth-order valence-electron chi connectivity index (χ4n) is 0. The van der Waals surface area contributed by atoms with Crippen LogP contribution in [0.5, 0.6) is 0 Å². The summed E-state index contributed by atoms with van der Waals surface area (Å²) in [5, 5.41) is 35.7. The molecule has 0 aliphatic rings. The average molecular weight is 356 g/mol. The van der Waals surface area contributed by atoms with E-state index in [9.17, 15) is 0 Å². The minimum absolute atomic E-state index is 0. The first-order valence-electron chi connectivity index (χ1n) is 2.13. The third-order valence-corrected chi connectivity index (χ3v) is 0.333. The first kappa shape index (κ1) is 23.3. The van der Waals surface area contributed by atoms with Gasteiger partial charge < -0.3 is 39.6 Å². The molecule has 0 aliphatic heterocycles. The average Bonchev–Trinajstić information content (AvgIpc) is 1.88. The summed E-state index contributed by atoms with van der Waals surface area (Å²) in [4.78, 5) is 35.7. The molecule has 8 nitrogen and oxygen atoms in total. The van der Waals surface area contributed by atoms with Gasteiger partial charge in [0.25, 0.3) is 0 Å². The molecule has 0 aromatic rings. The number of hydrogen-bond acceptors (Lipinski definition) is 8. The fraction of sp³-hybridized carbons (Fsp3) is 0. The third kappa shape index (κ3) is 22.5. The van der Waals surface area contributed by atoms with Gasteiger partial charge in [0.1, 0.15) is 0 Å². The Morgan fingerprint density at radius 3 is 0.643 bits per heavy atom. The number of carboxylic acid groups (broad SMARTS) is 4. The minimum atomic E-state index is -2.19. The summed E-state index contributed by atoms with van der Waals surface area (Å²) < 4.78 is 0. The van der Waals surface area contributed by atoms with E-state index in [0.717, 1.165) is 0 Å². The summed E-state index contributed by atoms with van der Waals surface area (Å²) in [5.41, 5.74) is 0. The molecular formula is C4InO8Zn+. The Balaban J connectivity index is -0.0000000625. The van der Waals surface area contributed by atoms with Crippen molar-refractivity contribution in [3.05, 3.63) is 0 Å². The molecule has 0 bridgehead atoms. The van der Waals surface area contributed by atoms with E-state index >= 15 is 0 Å². The van der Waals surface area contributed by atoms with Crippen molar-refractivity contribution in [3.63, 3.8) is 0 Å². The summed E-state index contributed by atoms with van der Waals surface area (Å²) in [6.07, 6.45) is 0. The van der Waals surface area contributed by atoms with Crippen LogP contribution in [0.1, 0.15) is 0 Å². The molecule has 0 saturated heterocycles. The van der Waals surface area contributed by atoms with Gasteiger partial charge in [0.2, 0.25) is 0 Å². The van der Waals surface area contributed by atoms with E-state index in [-0.39, 0.29) is 45.3 Å². The van der Waals surface area contributed by atoms with Crippen molar-refractivity contribution in [2.75, 3.05) is 0 Å².